The number of aromatic nitrogens is 2. The average molecular weight is 237 g/mol. The number of rotatable bonds is 4. The molecular formula is C13H23N3O. The summed E-state index contributed by atoms with van der Waals surface area (Å²) in [5.41, 5.74) is 0.946. The smallest absolute Gasteiger partial charge is 0.0614 e. The van der Waals surface area contributed by atoms with Gasteiger partial charge in [-0.15, -0.1) is 0 Å². The number of aryl methyl sites for hydroxylation is 1. The summed E-state index contributed by atoms with van der Waals surface area (Å²) in [6.07, 6.45) is 5.11. The van der Waals surface area contributed by atoms with Crippen LogP contribution in [0.25, 0.3) is 0 Å². The van der Waals surface area contributed by atoms with E-state index in [2.05, 4.69) is 28.9 Å². The maximum atomic E-state index is 9.64. The second-order valence-electron chi connectivity index (χ2n) is 5.57. The van der Waals surface area contributed by atoms with Gasteiger partial charge < -0.3 is 10.4 Å². The molecule has 2 atom stereocenters. The third kappa shape index (κ3) is 2.69. The van der Waals surface area contributed by atoms with E-state index in [0.717, 1.165) is 25.0 Å². The number of aliphatic hydroxyl groups is 1. The van der Waals surface area contributed by atoms with Crippen LogP contribution >= 0.6 is 0 Å². The summed E-state index contributed by atoms with van der Waals surface area (Å²) < 4.78 is 2.05. The summed E-state index contributed by atoms with van der Waals surface area (Å²) >= 11 is 0. The fourth-order valence-corrected chi connectivity index (χ4v) is 2.89. The number of nitrogens with one attached hydrogen (secondary N) is 1. The Hall–Kier alpha value is -0.870. The summed E-state index contributed by atoms with van der Waals surface area (Å²) in [5.74, 6) is 0. The van der Waals surface area contributed by atoms with Crippen molar-refractivity contribution in [1.29, 1.82) is 0 Å². The molecule has 2 N–H and O–H groups in total. The van der Waals surface area contributed by atoms with Gasteiger partial charge in [-0.3, -0.25) is 4.68 Å². The van der Waals surface area contributed by atoms with Crippen molar-refractivity contribution in [2.24, 2.45) is 0 Å². The molecule has 1 aromatic heterocycles. The van der Waals surface area contributed by atoms with Gasteiger partial charge in [0.15, 0.2) is 0 Å². The first-order valence-corrected chi connectivity index (χ1v) is 6.45. The van der Waals surface area contributed by atoms with Crippen LogP contribution in [0.5, 0.6) is 0 Å². The molecule has 1 saturated carbocycles. The molecule has 4 nitrogen and oxygen atoms in total. The monoisotopic (exact) mass is 237 g/mol. The summed E-state index contributed by atoms with van der Waals surface area (Å²) in [4.78, 5) is 0. The van der Waals surface area contributed by atoms with Crippen LogP contribution < -0.4 is 5.32 Å². The topological polar surface area (TPSA) is 50.1 Å². The van der Waals surface area contributed by atoms with E-state index >= 15 is 0 Å². The molecule has 0 aliphatic heterocycles. The van der Waals surface area contributed by atoms with E-state index in [9.17, 15) is 5.11 Å². The predicted octanol–water partition coefficient (Wildman–Crippen LogP) is 1.65. The first-order valence-electron chi connectivity index (χ1n) is 6.45. The van der Waals surface area contributed by atoms with Crippen molar-refractivity contribution in [2.45, 2.75) is 57.7 Å². The zero-order chi connectivity index (χ0) is 12.5. The third-order valence-corrected chi connectivity index (χ3v) is 3.60. The molecule has 0 spiro atoms. The largest absolute Gasteiger partial charge is 0.394 e. The molecule has 2 rings (SSSR count). The van der Waals surface area contributed by atoms with Crippen LogP contribution in [0.2, 0.25) is 0 Å². The van der Waals surface area contributed by atoms with Crippen LogP contribution in [-0.4, -0.2) is 33.1 Å². The standard InChI is InChI=1S/C13H23N3O/c1-10(2)14-13(9-17)6-4-12(8-13)16-7-5-11(3)15-16/h5,7,10,12,14,17H,4,6,8-9H2,1-3H3. The molecule has 0 saturated heterocycles. The molecule has 1 aliphatic rings. The molecule has 0 bridgehead atoms. The third-order valence-electron chi connectivity index (χ3n) is 3.60. The number of hydrogen-bond donors (Lipinski definition) is 2. The maximum Gasteiger partial charge on any atom is 0.0614 e. The van der Waals surface area contributed by atoms with Gasteiger partial charge in [0.2, 0.25) is 0 Å². The van der Waals surface area contributed by atoms with Gasteiger partial charge in [0.05, 0.1) is 18.3 Å². The Morgan fingerprint density at radius 2 is 2.41 bits per heavy atom. The minimum absolute atomic E-state index is 0.112. The first kappa shape index (κ1) is 12.6. The van der Waals surface area contributed by atoms with Crippen LogP contribution in [-0.2, 0) is 0 Å². The Morgan fingerprint density at radius 1 is 1.65 bits per heavy atom. The van der Waals surface area contributed by atoms with Gasteiger partial charge in [-0.2, -0.15) is 5.10 Å². The maximum absolute atomic E-state index is 9.64. The fourth-order valence-electron chi connectivity index (χ4n) is 2.89. The molecule has 2 unspecified atom stereocenters. The molecule has 0 radical (unpaired) electrons. The highest BCUT2D eigenvalue weighted by atomic mass is 16.3. The summed E-state index contributed by atoms with van der Waals surface area (Å²) in [6, 6.07) is 2.86. The average Bonchev–Trinajstić information content (AvgIpc) is 2.85. The molecule has 4 heteroatoms. The Morgan fingerprint density at radius 3 is 2.94 bits per heavy atom. The van der Waals surface area contributed by atoms with Crippen LogP contribution in [0.15, 0.2) is 12.3 Å². The highest BCUT2D eigenvalue weighted by Gasteiger charge is 2.39. The molecule has 0 aromatic carbocycles. The second kappa shape index (κ2) is 4.78. The normalized spacial score (nSPS) is 29.1. The van der Waals surface area contributed by atoms with Gasteiger partial charge in [0.1, 0.15) is 0 Å². The van der Waals surface area contributed by atoms with Gasteiger partial charge in [-0.05, 0) is 32.3 Å². The van der Waals surface area contributed by atoms with Crippen molar-refractivity contribution in [3.05, 3.63) is 18.0 Å². The van der Waals surface area contributed by atoms with E-state index in [-0.39, 0.29) is 12.1 Å². The first-order chi connectivity index (χ1) is 8.04. The van der Waals surface area contributed by atoms with Gasteiger partial charge >= 0.3 is 0 Å². The lowest BCUT2D eigenvalue weighted by molar-refractivity contribution is 0.151. The number of aliphatic hydroxyl groups excluding tert-OH is 1. The summed E-state index contributed by atoms with van der Waals surface area (Å²) in [7, 11) is 0. The van der Waals surface area contributed by atoms with Crippen LogP contribution in [0, 0.1) is 6.92 Å². The van der Waals surface area contributed by atoms with E-state index < -0.39 is 0 Å². The zero-order valence-electron chi connectivity index (χ0n) is 11.0. The molecule has 1 aromatic rings. The highest BCUT2D eigenvalue weighted by molar-refractivity contribution is 5.02. The molecule has 1 aliphatic carbocycles. The second-order valence-corrected chi connectivity index (χ2v) is 5.57. The van der Waals surface area contributed by atoms with Crippen molar-refractivity contribution in [3.8, 4) is 0 Å². The predicted molar refractivity (Wildman–Crippen MR) is 67.9 cm³/mol. The molecule has 0 amide bonds. The van der Waals surface area contributed by atoms with E-state index in [1.54, 1.807) is 0 Å². The lowest BCUT2D eigenvalue weighted by atomic mass is 9.97. The van der Waals surface area contributed by atoms with Crippen LogP contribution in [0.4, 0.5) is 0 Å². The van der Waals surface area contributed by atoms with E-state index in [0.29, 0.717) is 12.1 Å². The lowest BCUT2D eigenvalue weighted by Crippen LogP contribution is -2.49. The van der Waals surface area contributed by atoms with Crippen LogP contribution in [0.3, 0.4) is 0 Å². The van der Waals surface area contributed by atoms with E-state index in [1.807, 2.05) is 19.2 Å². The van der Waals surface area contributed by atoms with Crippen molar-refractivity contribution >= 4 is 0 Å². The molecule has 1 heterocycles. The van der Waals surface area contributed by atoms with Crippen molar-refractivity contribution < 1.29 is 5.11 Å². The van der Waals surface area contributed by atoms with E-state index in [4.69, 9.17) is 0 Å². The molecule has 1 fully saturated rings. The molecule has 17 heavy (non-hydrogen) atoms. The lowest BCUT2D eigenvalue weighted by Gasteiger charge is -2.31. The Labute approximate surface area is 103 Å². The minimum Gasteiger partial charge on any atom is -0.394 e. The van der Waals surface area contributed by atoms with Crippen molar-refractivity contribution in [3.63, 3.8) is 0 Å². The highest BCUT2D eigenvalue weighted by Crippen LogP contribution is 2.37. The van der Waals surface area contributed by atoms with E-state index in [1.165, 1.54) is 0 Å². The van der Waals surface area contributed by atoms with Gasteiger partial charge in [-0.25, -0.2) is 0 Å². The summed E-state index contributed by atoms with van der Waals surface area (Å²) in [6.45, 7) is 6.48. The van der Waals surface area contributed by atoms with Crippen molar-refractivity contribution in [2.75, 3.05) is 6.61 Å². The van der Waals surface area contributed by atoms with Crippen LogP contribution in [0.1, 0.15) is 44.8 Å². The Balaban J connectivity index is 2.07. The summed E-state index contributed by atoms with van der Waals surface area (Å²) in [5, 5.41) is 17.6. The molecular weight excluding hydrogens is 214 g/mol. The zero-order valence-corrected chi connectivity index (χ0v) is 11.0. The Bertz CT molecular complexity index is 374. The number of nitrogens with zero attached hydrogens (tertiary/aromatic N) is 2. The quantitative estimate of drug-likeness (QED) is 0.837. The van der Waals surface area contributed by atoms with Gasteiger partial charge in [-0.1, -0.05) is 13.8 Å². The van der Waals surface area contributed by atoms with Gasteiger partial charge in [0, 0.05) is 17.8 Å². The number of hydrogen-bond acceptors (Lipinski definition) is 3. The Kier molecular flexibility index (Phi) is 3.54. The minimum atomic E-state index is -0.112. The molecule has 96 valence electrons. The van der Waals surface area contributed by atoms with Gasteiger partial charge in [0.25, 0.3) is 0 Å². The fraction of sp³-hybridized carbons (Fsp3) is 0.769. The van der Waals surface area contributed by atoms with Crippen molar-refractivity contribution in [1.82, 2.24) is 15.1 Å². The SMILES string of the molecule is Cc1ccn(C2CCC(CO)(NC(C)C)C2)n1.